The Labute approximate surface area is 135 Å². The van der Waals surface area contributed by atoms with E-state index in [9.17, 15) is 19.8 Å². The molecule has 0 spiro atoms. The summed E-state index contributed by atoms with van der Waals surface area (Å²) in [7, 11) is 1.26. The summed E-state index contributed by atoms with van der Waals surface area (Å²) < 4.78 is 4.71. The van der Waals surface area contributed by atoms with Gasteiger partial charge in [-0.25, -0.2) is 4.79 Å². The van der Waals surface area contributed by atoms with Crippen LogP contribution in [0.5, 0.6) is 5.75 Å². The van der Waals surface area contributed by atoms with Gasteiger partial charge in [-0.3, -0.25) is 4.79 Å². The average molecular weight is 321 g/mol. The van der Waals surface area contributed by atoms with Gasteiger partial charge in [0.25, 0.3) is 5.91 Å². The van der Waals surface area contributed by atoms with E-state index in [2.05, 4.69) is 0 Å². The zero-order valence-electron chi connectivity index (χ0n) is 13.9. The Morgan fingerprint density at radius 3 is 2.52 bits per heavy atom. The van der Waals surface area contributed by atoms with Crippen molar-refractivity contribution in [1.29, 1.82) is 0 Å². The van der Waals surface area contributed by atoms with Crippen molar-refractivity contribution >= 4 is 11.9 Å². The number of benzene rings is 1. The van der Waals surface area contributed by atoms with Crippen LogP contribution >= 0.6 is 0 Å². The molecular formula is C17H23NO5. The van der Waals surface area contributed by atoms with Gasteiger partial charge in [-0.1, -0.05) is 20.8 Å². The second kappa shape index (κ2) is 6.20. The van der Waals surface area contributed by atoms with Gasteiger partial charge in [0.05, 0.1) is 13.2 Å². The molecule has 6 nitrogen and oxygen atoms in total. The fourth-order valence-corrected chi connectivity index (χ4v) is 2.83. The number of phenolic OH excluding ortho intramolecular Hbond substituents is 1. The lowest BCUT2D eigenvalue weighted by atomic mass is 9.85. The number of hydrogen-bond acceptors (Lipinski definition) is 5. The van der Waals surface area contributed by atoms with Gasteiger partial charge in [0.2, 0.25) is 0 Å². The number of aromatic hydroxyl groups is 1. The van der Waals surface area contributed by atoms with E-state index in [1.807, 2.05) is 20.8 Å². The number of hydrogen-bond donors (Lipinski definition) is 2. The van der Waals surface area contributed by atoms with Gasteiger partial charge in [-0.15, -0.1) is 0 Å². The van der Waals surface area contributed by atoms with Gasteiger partial charge >= 0.3 is 5.97 Å². The zero-order chi connectivity index (χ0) is 17.4. The molecule has 2 N–H and O–H groups in total. The number of likely N-dealkylation sites (tertiary alicyclic amines) is 1. The van der Waals surface area contributed by atoms with Crippen LogP contribution in [0.2, 0.25) is 0 Å². The van der Waals surface area contributed by atoms with Gasteiger partial charge in [0.15, 0.2) is 0 Å². The maximum Gasteiger partial charge on any atom is 0.328 e. The number of esters is 1. The van der Waals surface area contributed by atoms with Crippen LogP contribution < -0.4 is 0 Å². The van der Waals surface area contributed by atoms with Gasteiger partial charge < -0.3 is 19.8 Å². The number of carbonyl (C=O) groups is 2. The maximum absolute atomic E-state index is 12.7. The van der Waals surface area contributed by atoms with E-state index in [-0.39, 0.29) is 30.0 Å². The molecule has 0 aromatic heterocycles. The topological polar surface area (TPSA) is 87.1 Å². The minimum atomic E-state index is -0.783. The van der Waals surface area contributed by atoms with Crippen LogP contribution in [0.15, 0.2) is 18.2 Å². The van der Waals surface area contributed by atoms with E-state index in [0.29, 0.717) is 11.1 Å². The summed E-state index contributed by atoms with van der Waals surface area (Å²) >= 11 is 0. The smallest absolute Gasteiger partial charge is 0.328 e. The number of aliphatic hydroxyl groups is 1. The lowest BCUT2D eigenvalue weighted by molar-refractivity contribution is -0.145. The maximum atomic E-state index is 12.7. The van der Waals surface area contributed by atoms with Crippen molar-refractivity contribution < 1.29 is 24.5 Å². The first-order valence-electron chi connectivity index (χ1n) is 7.55. The van der Waals surface area contributed by atoms with Gasteiger partial charge in [-0.05, 0) is 23.6 Å². The molecule has 1 fully saturated rings. The van der Waals surface area contributed by atoms with E-state index < -0.39 is 18.1 Å². The molecular weight excluding hydrogens is 298 g/mol. The first-order chi connectivity index (χ1) is 10.6. The molecule has 2 atom stereocenters. The summed E-state index contributed by atoms with van der Waals surface area (Å²) in [6.07, 6.45) is -0.579. The highest BCUT2D eigenvalue weighted by molar-refractivity contribution is 5.97. The van der Waals surface area contributed by atoms with Crippen molar-refractivity contribution in [3.05, 3.63) is 29.3 Å². The number of phenols is 1. The van der Waals surface area contributed by atoms with Crippen molar-refractivity contribution in [1.82, 2.24) is 4.90 Å². The van der Waals surface area contributed by atoms with Crippen LogP contribution in [0.25, 0.3) is 0 Å². The fourth-order valence-electron chi connectivity index (χ4n) is 2.83. The Bertz CT molecular complexity index is 620. The van der Waals surface area contributed by atoms with Crippen molar-refractivity contribution in [3.63, 3.8) is 0 Å². The Kier molecular flexibility index (Phi) is 4.66. The van der Waals surface area contributed by atoms with E-state index in [0.717, 1.165) is 0 Å². The summed E-state index contributed by atoms with van der Waals surface area (Å²) in [6.45, 7) is 5.90. The Morgan fingerprint density at radius 1 is 1.30 bits per heavy atom. The first-order valence-corrected chi connectivity index (χ1v) is 7.55. The highest BCUT2D eigenvalue weighted by Gasteiger charge is 2.40. The first kappa shape index (κ1) is 17.3. The lowest BCUT2D eigenvalue weighted by Gasteiger charge is -2.24. The SMILES string of the molecule is COC(=O)C1CC(O)CN1C(=O)c1ccc(O)c(C(C)(C)C)c1. The molecule has 0 bridgehead atoms. The minimum absolute atomic E-state index is 0.0876. The van der Waals surface area contributed by atoms with Crippen molar-refractivity contribution in [2.45, 2.75) is 44.8 Å². The molecule has 0 saturated carbocycles. The van der Waals surface area contributed by atoms with E-state index in [1.54, 1.807) is 6.07 Å². The standard InChI is InChI=1S/C17H23NO5/c1-17(2,3)12-7-10(5-6-14(12)20)15(21)18-9-11(19)8-13(18)16(22)23-4/h5-7,11,13,19-20H,8-9H2,1-4H3. The number of nitrogens with zero attached hydrogens (tertiary/aromatic N) is 1. The van der Waals surface area contributed by atoms with Gasteiger partial charge in [0.1, 0.15) is 11.8 Å². The third-order valence-electron chi connectivity index (χ3n) is 4.06. The number of methoxy groups -OCH3 is 1. The van der Waals surface area contributed by atoms with Crippen LogP contribution in [0, 0.1) is 0 Å². The molecule has 2 rings (SSSR count). The van der Waals surface area contributed by atoms with Gasteiger partial charge in [-0.2, -0.15) is 0 Å². The molecule has 126 valence electrons. The van der Waals surface area contributed by atoms with E-state index >= 15 is 0 Å². The van der Waals surface area contributed by atoms with Crippen molar-refractivity contribution in [2.75, 3.05) is 13.7 Å². The number of aliphatic hydroxyl groups excluding tert-OH is 1. The molecule has 2 unspecified atom stereocenters. The molecule has 1 amide bonds. The van der Waals surface area contributed by atoms with Crippen molar-refractivity contribution in [3.8, 4) is 5.75 Å². The summed E-state index contributed by atoms with van der Waals surface area (Å²) in [6, 6.07) is 3.85. The fraction of sp³-hybridized carbons (Fsp3) is 0.529. The van der Waals surface area contributed by atoms with Crippen LogP contribution in [-0.4, -0.2) is 52.8 Å². The van der Waals surface area contributed by atoms with Crippen LogP contribution in [0.4, 0.5) is 0 Å². The minimum Gasteiger partial charge on any atom is -0.508 e. The summed E-state index contributed by atoms with van der Waals surface area (Å²) in [5.41, 5.74) is 0.695. The van der Waals surface area contributed by atoms with E-state index in [1.165, 1.54) is 24.1 Å². The van der Waals surface area contributed by atoms with E-state index in [4.69, 9.17) is 4.74 Å². The third kappa shape index (κ3) is 3.47. The largest absolute Gasteiger partial charge is 0.508 e. The van der Waals surface area contributed by atoms with Crippen molar-refractivity contribution in [2.24, 2.45) is 0 Å². The molecule has 1 heterocycles. The molecule has 0 aliphatic carbocycles. The molecule has 1 saturated heterocycles. The molecule has 1 aliphatic heterocycles. The Morgan fingerprint density at radius 2 is 1.96 bits per heavy atom. The van der Waals surface area contributed by atoms with Crippen LogP contribution in [0.1, 0.15) is 43.1 Å². The zero-order valence-corrected chi connectivity index (χ0v) is 13.9. The quantitative estimate of drug-likeness (QED) is 0.805. The number of rotatable bonds is 2. The molecule has 1 aromatic carbocycles. The Hall–Kier alpha value is -2.08. The highest BCUT2D eigenvalue weighted by atomic mass is 16.5. The van der Waals surface area contributed by atoms with Gasteiger partial charge in [0, 0.05) is 24.1 Å². The molecule has 1 aromatic rings. The lowest BCUT2D eigenvalue weighted by Crippen LogP contribution is -2.41. The Balaban J connectivity index is 2.35. The number of amides is 1. The monoisotopic (exact) mass is 321 g/mol. The van der Waals surface area contributed by atoms with Crippen LogP contribution in [-0.2, 0) is 14.9 Å². The second-order valence-corrected chi connectivity index (χ2v) is 6.87. The number of ether oxygens (including phenoxy) is 1. The predicted octanol–water partition coefficient (Wildman–Crippen LogP) is 1.44. The highest BCUT2D eigenvalue weighted by Crippen LogP contribution is 2.32. The third-order valence-corrected chi connectivity index (χ3v) is 4.06. The summed E-state index contributed by atoms with van der Waals surface area (Å²) in [5.74, 6) is -0.771. The summed E-state index contributed by atoms with van der Waals surface area (Å²) in [4.78, 5) is 25.9. The summed E-state index contributed by atoms with van der Waals surface area (Å²) in [5, 5.41) is 19.8. The second-order valence-electron chi connectivity index (χ2n) is 6.87. The average Bonchev–Trinajstić information content (AvgIpc) is 2.87. The number of carbonyl (C=O) groups excluding carboxylic acids is 2. The number of β-amino-alcohol motifs (C(OH)–C–C–N with tert-alkyl or cyclic N) is 1. The normalized spacial score (nSPS) is 21.3. The predicted molar refractivity (Wildman–Crippen MR) is 84.3 cm³/mol. The molecule has 6 heteroatoms. The molecule has 0 radical (unpaired) electrons. The van der Waals surface area contributed by atoms with Crippen LogP contribution in [0.3, 0.4) is 0 Å². The molecule has 23 heavy (non-hydrogen) atoms. The molecule has 1 aliphatic rings.